The molecule has 0 radical (unpaired) electrons. The lowest BCUT2D eigenvalue weighted by molar-refractivity contribution is 0.0702. The van der Waals surface area contributed by atoms with E-state index in [4.69, 9.17) is 9.72 Å². The Kier molecular flexibility index (Phi) is 6.11. The second kappa shape index (κ2) is 9.12. The summed E-state index contributed by atoms with van der Waals surface area (Å²) in [4.78, 5) is 28.7. The number of carbonyl (C=O) groups is 1. The number of hydrogen-bond donors (Lipinski definition) is 1. The predicted octanol–water partition coefficient (Wildman–Crippen LogP) is 4.26. The number of aryl methyl sites for hydroxylation is 2. The first-order valence-electron chi connectivity index (χ1n) is 10.5. The molecule has 1 N–H and O–H groups in total. The third-order valence-electron chi connectivity index (χ3n) is 5.68. The van der Waals surface area contributed by atoms with Crippen molar-refractivity contribution in [3.05, 3.63) is 71.3 Å². The van der Waals surface area contributed by atoms with Gasteiger partial charge >= 0.3 is 0 Å². The maximum absolute atomic E-state index is 13.2. The summed E-state index contributed by atoms with van der Waals surface area (Å²) in [5.41, 5.74) is 3.48. The van der Waals surface area contributed by atoms with Crippen molar-refractivity contribution in [2.45, 2.75) is 32.6 Å². The van der Waals surface area contributed by atoms with E-state index in [1.807, 2.05) is 49.1 Å². The molecule has 4 rings (SSSR count). The standard InChI is InChI=1S/C24H27N5O2/c1-16-7-4-10-19(22(16)31-3)24(30)29-12-6-9-18(15-29)20-13-25-14-21(27-20)28-23-17(2)8-5-11-26-23/h4-5,7-8,10-11,13-14,18H,6,9,12,15H2,1-3H3,(H,26,27,28)/t18-/m1/s1. The predicted molar refractivity (Wildman–Crippen MR) is 120 cm³/mol. The van der Waals surface area contributed by atoms with Gasteiger partial charge in [-0.2, -0.15) is 0 Å². The lowest BCUT2D eigenvalue weighted by atomic mass is 9.94. The summed E-state index contributed by atoms with van der Waals surface area (Å²) in [5.74, 6) is 2.19. The minimum atomic E-state index is -0.00315. The van der Waals surface area contributed by atoms with Crippen LogP contribution in [0.3, 0.4) is 0 Å². The number of pyridine rings is 1. The number of nitrogens with one attached hydrogen (secondary N) is 1. The summed E-state index contributed by atoms with van der Waals surface area (Å²) in [7, 11) is 1.61. The molecule has 1 aliphatic rings. The topological polar surface area (TPSA) is 80.2 Å². The molecule has 7 heteroatoms. The average Bonchev–Trinajstić information content (AvgIpc) is 2.80. The zero-order valence-corrected chi connectivity index (χ0v) is 18.1. The molecule has 0 unspecified atom stereocenters. The van der Waals surface area contributed by atoms with Crippen LogP contribution in [0.2, 0.25) is 0 Å². The number of nitrogens with zero attached hydrogens (tertiary/aromatic N) is 4. The number of amides is 1. The van der Waals surface area contributed by atoms with Crippen LogP contribution in [0.15, 0.2) is 48.9 Å². The fourth-order valence-corrected chi connectivity index (χ4v) is 4.04. The molecular weight excluding hydrogens is 390 g/mol. The van der Waals surface area contributed by atoms with Crippen molar-refractivity contribution in [2.75, 3.05) is 25.5 Å². The molecule has 1 atom stereocenters. The highest BCUT2D eigenvalue weighted by atomic mass is 16.5. The van der Waals surface area contributed by atoms with Crippen molar-refractivity contribution >= 4 is 17.5 Å². The van der Waals surface area contributed by atoms with Gasteiger partial charge in [0.2, 0.25) is 0 Å². The van der Waals surface area contributed by atoms with Gasteiger partial charge < -0.3 is 15.0 Å². The van der Waals surface area contributed by atoms with Crippen molar-refractivity contribution in [1.82, 2.24) is 19.9 Å². The van der Waals surface area contributed by atoms with Gasteiger partial charge in [-0.3, -0.25) is 9.78 Å². The molecule has 7 nitrogen and oxygen atoms in total. The number of anilines is 2. The Hall–Kier alpha value is -3.48. The van der Waals surface area contributed by atoms with E-state index >= 15 is 0 Å². The van der Waals surface area contributed by atoms with Crippen molar-refractivity contribution in [2.24, 2.45) is 0 Å². The Balaban J connectivity index is 1.52. The monoisotopic (exact) mass is 417 g/mol. The molecule has 160 valence electrons. The molecule has 0 aliphatic carbocycles. The first kappa shape index (κ1) is 20.8. The quantitative estimate of drug-likeness (QED) is 0.668. The first-order valence-corrected chi connectivity index (χ1v) is 10.5. The van der Waals surface area contributed by atoms with E-state index in [0.717, 1.165) is 42.0 Å². The Morgan fingerprint density at radius 3 is 2.81 bits per heavy atom. The van der Waals surface area contributed by atoms with Gasteiger partial charge in [-0.25, -0.2) is 9.97 Å². The van der Waals surface area contributed by atoms with E-state index in [2.05, 4.69) is 15.3 Å². The van der Waals surface area contributed by atoms with Crippen LogP contribution in [-0.4, -0.2) is 46.0 Å². The van der Waals surface area contributed by atoms with Gasteiger partial charge in [0, 0.05) is 31.4 Å². The molecule has 3 heterocycles. The third kappa shape index (κ3) is 4.50. The number of ether oxygens (including phenoxy) is 1. The van der Waals surface area contributed by atoms with E-state index in [-0.39, 0.29) is 11.8 Å². The SMILES string of the molecule is COc1c(C)cccc1C(=O)N1CCC[C@@H](c2cncc(Nc3ncccc3C)n2)C1. The Bertz CT molecular complexity index is 1090. The number of benzene rings is 1. The number of carbonyl (C=O) groups excluding carboxylic acids is 1. The molecule has 3 aromatic rings. The third-order valence-corrected chi connectivity index (χ3v) is 5.68. The van der Waals surface area contributed by atoms with E-state index < -0.39 is 0 Å². The number of aromatic nitrogens is 3. The van der Waals surface area contributed by atoms with Crippen LogP contribution in [0.25, 0.3) is 0 Å². The number of methoxy groups -OCH3 is 1. The molecule has 1 aromatic carbocycles. The fourth-order valence-electron chi connectivity index (χ4n) is 4.04. The normalized spacial score (nSPS) is 16.1. The number of piperidine rings is 1. The number of para-hydroxylation sites is 1. The summed E-state index contributed by atoms with van der Waals surface area (Å²) in [5, 5.41) is 3.25. The molecular formula is C24H27N5O2. The van der Waals surface area contributed by atoms with Crippen molar-refractivity contribution in [3.8, 4) is 5.75 Å². The van der Waals surface area contributed by atoms with Crippen LogP contribution in [0.1, 0.15) is 45.9 Å². The second-order valence-electron chi connectivity index (χ2n) is 7.87. The van der Waals surface area contributed by atoms with Crippen LogP contribution in [0.4, 0.5) is 11.6 Å². The van der Waals surface area contributed by atoms with Gasteiger partial charge in [0.05, 0.1) is 24.6 Å². The molecule has 0 saturated carbocycles. The minimum absolute atomic E-state index is 0.00315. The first-order chi connectivity index (χ1) is 15.1. The number of rotatable bonds is 5. The molecule has 1 fully saturated rings. The number of hydrogen-bond acceptors (Lipinski definition) is 6. The summed E-state index contributed by atoms with van der Waals surface area (Å²) in [6.07, 6.45) is 7.12. The molecule has 31 heavy (non-hydrogen) atoms. The average molecular weight is 418 g/mol. The van der Waals surface area contributed by atoms with Crippen molar-refractivity contribution < 1.29 is 9.53 Å². The van der Waals surface area contributed by atoms with Gasteiger partial charge in [0.25, 0.3) is 5.91 Å². The van der Waals surface area contributed by atoms with Gasteiger partial charge in [-0.05, 0) is 49.9 Å². The van der Waals surface area contributed by atoms with E-state index in [0.29, 0.717) is 23.7 Å². The zero-order chi connectivity index (χ0) is 21.8. The van der Waals surface area contributed by atoms with Crippen LogP contribution in [0, 0.1) is 13.8 Å². The lowest BCUT2D eigenvalue weighted by Gasteiger charge is -2.33. The minimum Gasteiger partial charge on any atom is -0.496 e. The fraction of sp³-hybridized carbons (Fsp3) is 0.333. The van der Waals surface area contributed by atoms with Gasteiger partial charge in [-0.15, -0.1) is 0 Å². The van der Waals surface area contributed by atoms with E-state index in [1.165, 1.54) is 0 Å². The summed E-state index contributed by atoms with van der Waals surface area (Å²) in [6.45, 7) is 5.28. The van der Waals surface area contributed by atoms with E-state index in [9.17, 15) is 4.79 Å². The highest BCUT2D eigenvalue weighted by Gasteiger charge is 2.28. The smallest absolute Gasteiger partial charge is 0.257 e. The Labute approximate surface area is 182 Å². The van der Waals surface area contributed by atoms with Gasteiger partial charge in [-0.1, -0.05) is 18.2 Å². The lowest BCUT2D eigenvalue weighted by Crippen LogP contribution is -2.39. The van der Waals surface area contributed by atoms with Crippen LogP contribution in [0.5, 0.6) is 5.75 Å². The Morgan fingerprint density at radius 1 is 1.16 bits per heavy atom. The molecule has 2 aromatic heterocycles. The van der Waals surface area contributed by atoms with Gasteiger partial charge in [0.15, 0.2) is 0 Å². The largest absolute Gasteiger partial charge is 0.496 e. The molecule has 1 saturated heterocycles. The summed E-state index contributed by atoms with van der Waals surface area (Å²) < 4.78 is 5.50. The van der Waals surface area contributed by atoms with Crippen LogP contribution >= 0.6 is 0 Å². The molecule has 1 amide bonds. The summed E-state index contributed by atoms with van der Waals surface area (Å²) in [6, 6.07) is 9.58. The maximum atomic E-state index is 13.2. The molecule has 1 aliphatic heterocycles. The van der Waals surface area contributed by atoms with Crippen LogP contribution in [-0.2, 0) is 0 Å². The maximum Gasteiger partial charge on any atom is 0.257 e. The van der Waals surface area contributed by atoms with Gasteiger partial charge in [0.1, 0.15) is 17.4 Å². The molecule has 0 bridgehead atoms. The zero-order valence-electron chi connectivity index (χ0n) is 18.1. The highest BCUT2D eigenvalue weighted by Crippen LogP contribution is 2.30. The second-order valence-corrected chi connectivity index (χ2v) is 7.87. The Morgan fingerprint density at radius 2 is 2.00 bits per heavy atom. The molecule has 0 spiro atoms. The van der Waals surface area contributed by atoms with Crippen molar-refractivity contribution in [3.63, 3.8) is 0 Å². The number of likely N-dealkylation sites (tertiary alicyclic amines) is 1. The van der Waals surface area contributed by atoms with Crippen molar-refractivity contribution in [1.29, 1.82) is 0 Å². The van der Waals surface area contributed by atoms with E-state index in [1.54, 1.807) is 25.7 Å². The summed E-state index contributed by atoms with van der Waals surface area (Å²) >= 11 is 0. The van der Waals surface area contributed by atoms with Crippen LogP contribution < -0.4 is 10.1 Å². The highest BCUT2D eigenvalue weighted by molar-refractivity contribution is 5.97.